The molecule has 0 saturated carbocycles. The second kappa shape index (κ2) is 11.3. The summed E-state index contributed by atoms with van der Waals surface area (Å²) >= 11 is 0. The molecule has 0 saturated heterocycles. The molecule has 1 amide bonds. The maximum Gasteiger partial charge on any atom is 0.258 e. The summed E-state index contributed by atoms with van der Waals surface area (Å²) in [5, 5.41) is 0. The number of para-hydroxylation sites is 1. The van der Waals surface area contributed by atoms with Crippen LogP contribution in [0.4, 0.5) is 11.4 Å². The fourth-order valence-corrected chi connectivity index (χ4v) is 5.27. The molecular weight excluding hydrogens is 508 g/mol. The van der Waals surface area contributed by atoms with Crippen LogP contribution in [0.2, 0.25) is 0 Å². The van der Waals surface area contributed by atoms with Crippen LogP contribution in [-0.4, -0.2) is 34.4 Å². The summed E-state index contributed by atoms with van der Waals surface area (Å²) in [7, 11) is 0. The van der Waals surface area contributed by atoms with Gasteiger partial charge < -0.3 is 14.6 Å². The number of ether oxygens (including phenoxy) is 1. The average Bonchev–Trinajstić information content (AvgIpc) is 3.30. The van der Waals surface area contributed by atoms with Crippen molar-refractivity contribution >= 4 is 23.2 Å². The molecule has 41 heavy (non-hydrogen) atoms. The van der Waals surface area contributed by atoms with Crippen LogP contribution < -0.4 is 4.90 Å². The smallest absolute Gasteiger partial charge is 0.258 e. The van der Waals surface area contributed by atoms with E-state index in [2.05, 4.69) is 23.2 Å². The Kier molecular flexibility index (Phi) is 7.21. The third-order valence-electron chi connectivity index (χ3n) is 7.11. The molecule has 6 nitrogen and oxygen atoms in total. The van der Waals surface area contributed by atoms with E-state index in [1.54, 1.807) is 0 Å². The standard InChI is InChI=1S/C35H32N4O2/c1-23(2)41-34(29-14-8-7-13-28(29)25-11-5-4-6-12-25)38-27-19-17-26(18-20-27)35(40)39-22-21-31-33(37-24(3)36-31)30-15-9-10-16-32(30)39/h4-20,23H,21-22H2,1-3H3,(H,36,37). The first-order chi connectivity index (χ1) is 20.0. The minimum Gasteiger partial charge on any atom is -0.474 e. The van der Waals surface area contributed by atoms with Gasteiger partial charge in [0.05, 0.1) is 23.2 Å². The van der Waals surface area contributed by atoms with E-state index >= 15 is 0 Å². The van der Waals surface area contributed by atoms with Gasteiger partial charge in [0.1, 0.15) is 5.82 Å². The molecule has 6 heteroatoms. The molecule has 1 aliphatic rings. The summed E-state index contributed by atoms with van der Waals surface area (Å²) in [6, 6.07) is 33.8. The second-order valence-electron chi connectivity index (χ2n) is 10.4. The van der Waals surface area contributed by atoms with Gasteiger partial charge in [-0.15, -0.1) is 0 Å². The van der Waals surface area contributed by atoms with Crippen molar-refractivity contribution in [3.05, 3.63) is 126 Å². The third-order valence-corrected chi connectivity index (χ3v) is 7.11. The Labute approximate surface area is 240 Å². The quantitative estimate of drug-likeness (QED) is 0.183. The van der Waals surface area contributed by atoms with Crippen LogP contribution in [0.5, 0.6) is 0 Å². The maximum atomic E-state index is 13.8. The highest BCUT2D eigenvalue weighted by Crippen LogP contribution is 2.36. The lowest BCUT2D eigenvalue weighted by atomic mass is 9.99. The summed E-state index contributed by atoms with van der Waals surface area (Å²) in [4.78, 5) is 28.6. The first-order valence-corrected chi connectivity index (χ1v) is 13.9. The summed E-state index contributed by atoms with van der Waals surface area (Å²) in [5.41, 5.74) is 8.19. The summed E-state index contributed by atoms with van der Waals surface area (Å²) in [6.45, 7) is 6.51. The number of aromatic amines is 1. The molecule has 0 bridgehead atoms. The molecule has 2 heterocycles. The number of H-pyrrole nitrogens is 1. The molecule has 0 unspecified atom stereocenters. The molecule has 0 atom stereocenters. The van der Waals surface area contributed by atoms with Crippen molar-refractivity contribution < 1.29 is 9.53 Å². The van der Waals surface area contributed by atoms with Crippen molar-refractivity contribution in [1.29, 1.82) is 0 Å². The number of amides is 1. The van der Waals surface area contributed by atoms with Gasteiger partial charge in [-0.3, -0.25) is 4.79 Å². The van der Waals surface area contributed by atoms with Gasteiger partial charge in [0.2, 0.25) is 5.90 Å². The van der Waals surface area contributed by atoms with Gasteiger partial charge in [0.15, 0.2) is 0 Å². The number of imidazole rings is 1. The van der Waals surface area contributed by atoms with Crippen LogP contribution in [0.25, 0.3) is 22.4 Å². The molecule has 1 N–H and O–H groups in total. The number of benzene rings is 4. The lowest BCUT2D eigenvalue weighted by Gasteiger charge is -2.23. The Morgan fingerprint density at radius 2 is 1.56 bits per heavy atom. The predicted octanol–water partition coefficient (Wildman–Crippen LogP) is 7.76. The first-order valence-electron chi connectivity index (χ1n) is 13.9. The van der Waals surface area contributed by atoms with Crippen molar-refractivity contribution in [2.75, 3.05) is 11.4 Å². The fraction of sp³-hybridized carbons (Fsp3) is 0.171. The van der Waals surface area contributed by atoms with Gasteiger partial charge in [-0.25, -0.2) is 9.98 Å². The molecule has 0 fully saturated rings. The van der Waals surface area contributed by atoms with Crippen LogP contribution in [0.1, 0.15) is 41.3 Å². The first kappa shape index (κ1) is 26.3. The van der Waals surface area contributed by atoms with E-state index in [-0.39, 0.29) is 12.0 Å². The van der Waals surface area contributed by atoms with Crippen molar-refractivity contribution in [2.45, 2.75) is 33.3 Å². The van der Waals surface area contributed by atoms with E-state index in [1.807, 2.05) is 111 Å². The summed E-state index contributed by atoms with van der Waals surface area (Å²) in [6.07, 6.45) is 0.648. The van der Waals surface area contributed by atoms with Crippen molar-refractivity contribution in [3.8, 4) is 22.4 Å². The number of hydrogen-bond donors (Lipinski definition) is 1. The number of carbonyl (C=O) groups excluding carboxylic acids is 1. The number of hydrogen-bond acceptors (Lipinski definition) is 4. The minimum atomic E-state index is -0.0561. The third kappa shape index (κ3) is 5.41. The molecule has 1 aromatic heterocycles. The van der Waals surface area contributed by atoms with E-state index in [9.17, 15) is 4.79 Å². The highest BCUT2D eigenvalue weighted by atomic mass is 16.5. The molecule has 6 rings (SSSR count). The Bertz CT molecular complexity index is 1720. The highest BCUT2D eigenvalue weighted by molar-refractivity contribution is 6.08. The molecule has 0 spiro atoms. The average molecular weight is 541 g/mol. The van der Waals surface area contributed by atoms with Crippen molar-refractivity contribution in [2.24, 2.45) is 4.99 Å². The minimum absolute atomic E-state index is 0.0528. The maximum absolute atomic E-state index is 13.8. The van der Waals surface area contributed by atoms with Gasteiger partial charge in [0.25, 0.3) is 5.91 Å². The van der Waals surface area contributed by atoms with Crippen LogP contribution in [-0.2, 0) is 11.2 Å². The summed E-state index contributed by atoms with van der Waals surface area (Å²) < 4.78 is 6.23. The zero-order valence-electron chi connectivity index (χ0n) is 23.5. The number of nitrogens with zero attached hydrogens (tertiary/aromatic N) is 3. The largest absolute Gasteiger partial charge is 0.474 e. The van der Waals surface area contributed by atoms with Gasteiger partial charge >= 0.3 is 0 Å². The molecule has 204 valence electrons. The Morgan fingerprint density at radius 1 is 0.878 bits per heavy atom. The summed E-state index contributed by atoms with van der Waals surface area (Å²) in [5.74, 6) is 1.37. The van der Waals surface area contributed by atoms with E-state index in [0.717, 1.165) is 45.2 Å². The Hall–Kier alpha value is -4.97. The SMILES string of the molecule is Cc1nc2c([nH]1)CCN(C(=O)c1ccc(N=C(OC(C)C)c3ccccc3-c3ccccc3)cc1)c1ccccc1-2. The number of aryl methyl sites for hydroxylation is 1. The van der Waals surface area contributed by atoms with Gasteiger partial charge in [-0.2, -0.15) is 0 Å². The van der Waals surface area contributed by atoms with Crippen molar-refractivity contribution in [1.82, 2.24) is 9.97 Å². The van der Waals surface area contributed by atoms with Crippen molar-refractivity contribution in [3.63, 3.8) is 0 Å². The second-order valence-corrected chi connectivity index (χ2v) is 10.4. The molecule has 1 aliphatic heterocycles. The zero-order valence-corrected chi connectivity index (χ0v) is 23.5. The highest BCUT2D eigenvalue weighted by Gasteiger charge is 2.26. The van der Waals surface area contributed by atoms with Crippen LogP contribution in [0.15, 0.2) is 108 Å². The number of carbonyl (C=O) groups is 1. The lowest BCUT2D eigenvalue weighted by molar-refractivity contribution is 0.0987. The topological polar surface area (TPSA) is 70.6 Å². The number of aromatic nitrogens is 2. The molecule has 0 aliphatic carbocycles. The van der Waals surface area contributed by atoms with E-state index in [4.69, 9.17) is 14.7 Å². The monoisotopic (exact) mass is 540 g/mol. The number of rotatable bonds is 5. The Morgan fingerprint density at radius 3 is 2.32 bits per heavy atom. The number of fused-ring (bicyclic) bond motifs is 3. The molecule has 0 radical (unpaired) electrons. The zero-order chi connectivity index (χ0) is 28.3. The Balaban J connectivity index is 1.31. The van der Waals surface area contributed by atoms with E-state index in [0.29, 0.717) is 30.1 Å². The van der Waals surface area contributed by atoms with Gasteiger partial charge in [-0.1, -0.05) is 66.7 Å². The fourth-order valence-electron chi connectivity index (χ4n) is 5.27. The molecule has 5 aromatic rings. The number of anilines is 1. The van der Waals surface area contributed by atoms with E-state index < -0.39 is 0 Å². The number of aliphatic imine (C=N–C) groups is 1. The van der Waals surface area contributed by atoms with E-state index in [1.165, 1.54) is 0 Å². The van der Waals surface area contributed by atoms with Gasteiger partial charge in [-0.05, 0) is 68.3 Å². The van der Waals surface area contributed by atoms with Crippen LogP contribution in [0.3, 0.4) is 0 Å². The van der Waals surface area contributed by atoms with Gasteiger partial charge in [0, 0.05) is 35.3 Å². The molecular formula is C35H32N4O2. The van der Waals surface area contributed by atoms with Crippen LogP contribution in [0, 0.1) is 6.92 Å². The normalized spacial score (nSPS) is 13.0. The predicted molar refractivity (Wildman–Crippen MR) is 165 cm³/mol. The molecule has 4 aromatic carbocycles. The van der Waals surface area contributed by atoms with Crippen LogP contribution >= 0.6 is 0 Å². The lowest BCUT2D eigenvalue weighted by Crippen LogP contribution is -2.32. The number of nitrogens with one attached hydrogen (secondary N) is 1.